The molecule has 1 aliphatic heterocycles. The summed E-state index contributed by atoms with van der Waals surface area (Å²) in [7, 11) is 0. The molecule has 0 aliphatic carbocycles. The van der Waals surface area contributed by atoms with Crippen molar-refractivity contribution in [2.75, 3.05) is 19.7 Å². The summed E-state index contributed by atoms with van der Waals surface area (Å²) in [5.41, 5.74) is 2.06. The summed E-state index contributed by atoms with van der Waals surface area (Å²) in [6.07, 6.45) is 0.774. The topological polar surface area (TPSA) is 77.7 Å². The Balaban J connectivity index is 1.39. The minimum atomic E-state index is -0.220. The molecule has 0 radical (unpaired) electrons. The van der Waals surface area contributed by atoms with Crippen LogP contribution in [0.3, 0.4) is 0 Å². The van der Waals surface area contributed by atoms with Gasteiger partial charge in [-0.1, -0.05) is 74.8 Å². The average molecular weight is 450 g/mol. The predicted octanol–water partition coefficient (Wildman–Crippen LogP) is 5.53. The Bertz CT molecular complexity index is 1050. The fraction of sp³-hybridized carbons (Fsp3) is 0.423. The SMILES string of the molecule is CC[C@H]1CN(C(=O)OCC(C)C)C[C@H]1c1cccc(OCc2nc(-c3ccccc3)no2)c1. The van der Waals surface area contributed by atoms with Gasteiger partial charge in [0.05, 0.1) is 6.61 Å². The molecule has 3 aromatic rings. The van der Waals surface area contributed by atoms with Crippen molar-refractivity contribution in [3.63, 3.8) is 0 Å². The van der Waals surface area contributed by atoms with Gasteiger partial charge in [-0.3, -0.25) is 0 Å². The third kappa shape index (κ3) is 5.72. The molecule has 1 aliphatic rings. The van der Waals surface area contributed by atoms with Gasteiger partial charge in [-0.25, -0.2) is 4.79 Å². The number of hydrogen-bond donors (Lipinski definition) is 0. The molecule has 33 heavy (non-hydrogen) atoms. The molecule has 0 saturated carbocycles. The first-order valence-corrected chi connectivity index (χ1v) is 11.6. The van der Waals surface area contributed by atoms with Crippen LogP contribution in [-0.2, 0) is 11.3 Å². The van der Waals surface area contributed by atoms with Crippen LogP contribution in [0.4, 0.5) is 4.79 Å². The number of amides is 1. The van der Waals surface area contributed by atoms with Crippen LogP contribution in [0.2, 0.25) is 0 Å². The third-order valence-electron chi connectivity index (χ3n) is 5.91. The predicted molar refractivity (Wildman–Crippen MR) is 125 cm³/mol. The summed E-state index contributed by atoms with van der Waals surface area (Å²) in [5.74, 6) is 2.66. The Labute approximate surface area is 194 Å². The van der Waals surface area contributed by atoms with Crippen molar-refractivity contribution in [1.82, 2.24) is 15.0 Å². The van der Waals surface area contributed by atoms with Crippen molar-refractivity contribution in [2.24, 2.45) is 11.8 Å². The van der Waals surface area contributed by atoms with E-state index in [1.54, 1.807) is 0 Å². The number of aromatic nitrogens is 2. The molecule has 1 saturated heterocycles. The minimum Gasteiger partial charge on any atom is -0.484 e. The van der Waals surface area contributed by atoms with Crippen LogP contribution in [0.5, 0.6) is 5.75 Å². The maximum atomic E-state index is 12.5. The van der Waals surface area contributed by atoms with E-state index < -0.39 is 0 Å². The molecular formula is C26H31N3O4. The molecule has 0 unspecified atom stereocenters. The largest absolute Gasteiger partial charge is 0.484 e. The molecule has 1 aromatic heterocycles. The van der Waals surface area contributed by atoms with Gasteiger partial charge in [0, 0.05) is 24.6 Å². The summed E-state index contributed by atoms with van der Waals surface area (Å²) in [6.45, 7) is 8.26. The Hall–Kier alpha value is -3.35. The van der Waals surface area contributed by atoms with Gasteiger partial charge in [-0.15, -0.1) is 0 Å². The summed E-state index contributed by atoms with van der Waals surface area (Å²) < 4.78 is 16.7. The van der Waals surface area contributed by atoms with Crippen LogP contribution >= 0.6 is 0 Å². The average Bonchev–Trinajstić information content (AvgIpc) is 3.49. The molecule has 174 valence electrons. The lowest BCUT2D eigenvalue weighted by Crippen LogP contribution is -2.30. The van der Waals surface area contributed by atoms with Crippen LogP contribution in [0, 0.1) is 11.8 Å². The molecule has 7 nitrogen and oxygen atoms in total. The highest BCUT2D eigenvalue weighted by molar-refractivity contribution is 5.68. The number of nitrogens with zero attached hydrogens (tertiary/aromatic N) is 3. The van der Waals surface area contributed by atoms with Crippen molar-refractivity contribution in [3.8, 4) is 17.1 Å². The van der Waals surface area contributed by atoms with Gasteiger partial charge in [0.1, 0.15) is 5.75 Å². The van der Waals surface area contributed by atoms with E-state index in [2.05, 4.69) is 23.1 Å². The first kappa shape index (κ1) is 22.8. The molecular weight excluding hydrogens is 418 g/mol. The fourth-order valence-electron chi connectivity index (χ4n) is 4.14. The summed E-state index contributed by atoms with van der Waals surface area (Å²) in [4.78, 5) is 18.7. The third-order valence-corrected chi connectivity index (χ3v) is 5.91. The van der Waals surface area contributed by atoms with Crippen LogP contribution in [-0.4, -0.2) is 40.8 Å². The van der Waals surface area contributed by atoms with Gasteiger partial charge in [0.2, 0.25) is 5.82 Å². The molecule has 2 aromatic carbocycles. The van der Waals surface area contributed by atoms with E-state index in [0.29, 0.717) is 43.2 Å². The summed E-state index contributed by atoms with van der Waals surface area (Å²) >= 11 is 0. The van der Waals surface area contributed by atoms with Gasteiger partial charge in [-0.2, -0.15) is 4.98 Å². The van der Waals surface area contributed by atoms with Crippen LogP contribution < -0.4 is 4.74 Å². The molecule has 1 fully saturated rings. The minimum absolute atomic E-state index is 0.193. The standard InChI is InChI=1S/C26H31N3O4/c1-4-19-14-29(26(30)32-16-18(2)3)15-23(19)21-11-8-12-22(13-21)31-17-24-27-25(28-33-24)20-9-6-5-7-10-20/h5-13,18-19,23H,4,14-17H2,1-3H3/t19-,23+/m0/s1. The number of hydrogen-bond acceptors (Lipinski definition) is 6. The number of benzene rings is 2. The number of carbonyl (C=O) groups excluding carboxylic acids is 1. The Morgan fingerprint density at radius 2 is 1.97 bits per heavy atom. The molecule has 1 amide bonds. The Morgan fingerprint density at radius 3 is 2.73 bits per heavy atom. The number of likely N-dealkylation sites (tertiary alicyclic amines) is 1. The maximum Gasteiger partial charge on any atom is 0.409 e. The maximum absolute atomic E-state index is 12.5. The highest BCUT2D eigenvalue weighted by Crippen LogP contribution is 2.36. The molecule has 0 bridgehead atoms. The van der Waals surface area contributed by atoms with Gasteiger partial charge in [0.25, 0.3) is 5.89 Å². The second kappa shape index (κ2) is 10.5. The molecule has 2 heterocycles. The van der Waals surface area contributed by atoms with Gasteiger partial charge in [0.15, 0.2) is 6.61 Å². The number of rotatable bonds is 8. The lowest BCUT2D eigenvalue weighted by Gasteiger charge is -2.18. The van der Waals surface area contributed by atoms with E-state index in [1.165, 1.54) is 0 Å². The van der Waals surface area contributed by atoms with Crippen LogP contribution in [0.15, 0.2) is 59.1 Å². The number of ether oxygens (including phenoxy) is 2. The quantitative estimate of drug-likeness (QED) is 0.450. The first-order valence-electron chi connectivity index (χ1n) is 11.6. The normalized spacial score (nSPS) is 18.0. The molecule has 4 rings (SSSR count). The fourth-order valence-corrected chi connectivity index (χ4v) is 4.14. The van der Waals surface area contributed by atoms with Gasteiger partial charge in [-0.05, 0) is 29.5 Å². The molecule has 0 N–H and O–H groups in total. The molecule has 7 heteroatoms. The lowest BCUT2D eigenvalue weighted by atomic mass is 9.87. The van der Waals surface area contributed by atoms with Crippen molar-refractivity contribution >= 4 is 6.09 Å². The second-order valence-corrected chi connectivity index (χ2v) is 8.89. The van der Waals surface area contributed by atoms with Crippen molar-refractivity contribution < 1.29 is 18.8 Å². The van der Waals surface area contributed by atoms with Crippen LogP contribution in [0.25, 0.3) is 11.4 Å². The summed E-state index contributed by atoms with van der Waals surface area (Å²) in [5, 5.41) is 4.04. The summed E-state index contributed by atoms with van der Waals surface area (Å²) in [6, 6.07) is 17.7. The van der Waals surface area contributed by atoms with Crippen LogP contribution in [0.1, 0.15) is 44.6 Å². The van der Waals surface area contributed by atoms with Gasteiger partial charge >= 0.3 is 6.09 Å². The monoisotopic (exact) mass is 449 g/mol. The lowest BCUT2D eigenvalue weighted by molar-refractivity contribution is 0.0981. The van der Waals surface area contributed by atoms with E-state index >= 15 is 0 Å². The second-order valence-electron chi connectivity index (χ2n) is 8.89. The highest BCUT2D eigenvalue weighted by Gasteiger charge is 2.36. The first-order chi connectivity index (χ1) is 16.0. The van der Waals surface area contributed by atoms with E-state index in [1.807, 2.05) is 67.3 Å². The zero-order valence-corrected chi connectivity index (χ0v) is 19.4. The van der Waals surface area contributed by atoms with E-state index in [-0.39, 0.29) is 18.6 Å². The Morgan fingerprint density at radius 1 is 1.15 bits per heavy atom. The van der Waals surface area contributed by atoms with E-state index in [0.717, 1.165) is 23.3 Å². The van der Waals surface area contributed by atoms with E-state index in [9.17, 15) is 4.79 Å². The van der Waals surface area contributed by atoms with Crippen molar-refractivity contribution in [3.05, 3.63) is 66.1 Å². The highest BCUT2D eigenvalue weighted by atomic mass is 16.6. The van der Waals surface area contributed by atoms with Crippen molar-refractivity contribution in [1.29, 1.82) is 0 Å². The molecule has 0 spiro atoms. The van der Waals surface area contributed by atoms with E-state index in [4.69, 9.17) is 14.0 Å². The zero-order chi connectivity index (χ0) is 23.2. The van der Waals surface area contributed by atoms with Gasteiger partial charge < -0.3 is 18.9 Å². The smallest absolute Gasteiger partial charge is 0.409 e. The Kier molecular flexibility index (Phi) is 7.27. The molecule has 2 atom stereocenters. The van der Waals surface area contributed by atoms with Crippen molar-refractivity contribution in [2.45, 2.75) is 39.7 Å². The number of carbonyl (C=O) groups is 1. The zero-order valence-electron chi connectivity index (χ0n) is 19.4.